The third-order valence-corrected chi connectivity index (χ3v) is 5.94. The Morgan fingerprint density at radius 1 is 1.48 bits per heavy atom. The molecule has 9 nitrogen and oxygen atoms in total. The summed E-state index contributed by atoms with van der Waals surface area (Å²) in [5, 5.41) is 13.3. The highest BCUT2D eigenvalue weighted by Gasteiger charge is 2.43. The fraction of sp³-hybridized carbons (Fsp3) is 0.231. The van der Waals surface area contributed by atoms with Crippen LogP contribution in [0.3, 0.4) is 0 Å². The topological polar surface area (TPSA) is 128 Å². The molecule has 0 saturated carbocycles. The van der Waals surface area contributed by atoms with Gasteiger partial charge in [-0.3, -0.25) is 14.9 Å². The van der Waals surface area contributed by atoms with Crippen LogP contribution in [0.25, 0.3) is 11.0 Å². The van der Waals surface area contributed by atoms with Crippen molar-refractivity contribution in [2.75, 3.05) is 0 Å². The predicted molar refractivity (Wildman–Crippen MR) is 81.9 cm³/mol. The SMILES string of the molecule is CC1(S(=O)(=O)n2[nH]c(=O)c3cccnc32)C=C([N+](=O)[O-])C=CC1. The molecule has 0 spiro atoms. The first-order chi connectivity index (χ1) is 10.8. The van der Waals surface area contributed by atoms with Crippen LogP contribution in [0, 0.1) is 10.1 Å². The highest BCUT2D eigenvalue weighted by molar-refractivity contribution is 7.91. The van der Waals surface area contributed by atoms with Crippen LogP contribution in [0.2, 0.25) is 0 Å². The van der Waals surface area contributed by atoms with Gasteiger partial charge in [-0.05, 0) is 25.5 Å². The lowest BCUT2D eigenvalue weighted by molar-refractivity contribution is -0.419. The second-order valence-electron chi connectivity index (χ2n) is 5.33. The van der Waals surface area contributed by atoms with E-state index in [0.29, 0.717) is 4.09 Å². The number of aromatic nitrogens is 3. The molecule has 1 atom stereocenters. The van der Waals surface area contributed by atoms with E-state index in [1.54, 1.807) is 0 Å². The van der Waals surface area contributed by atoms with E-state index in [0.717, 1.165) is 6.08 Å². The minimum absolute atomic E-state index is 0.0377. The van der Waals surface area contributed by atoms with Crippen molar-refractivity contribution < 1.29 is 13.3 Å². The zero-order valence-electron chi connectivity index (χ0n) is 12.0. The van der Waals surface area contributed by atoms with Crippen LogP contribution in [0.5, 0.6) is 0 Å². The van der Waals surface area contributed by atoms with E-state index in [2.05, 4.69) is 10.1 Å². The van der Waals surface area contributed by atoms with Gasteiger partial charge in [-0.2, -0.15) is 4.09 Å². The first-order valence-corrected chi connectivity index (χ1v) is 8.05. The molecule has 2 aromatic heterocycles. The number of fused-ring (bicyclic) bond motifs is 1. The standard InChI is InChI=1S/C13H12N4O5S/c1-13(6-2-4-9(8-13)17(19)20)23(21,22)16-11-10(12(18)15-16)5-3-7-14-11/h2-5,7-8H,6H2,1H3,(H,15,18). The Labute approximate surface area is 130 Å². The first-order valence-electron chi connectivity index (χ1n) is 6.61. The highest BCUT2D eigenvalue weighted by atomic mass is 32.2. The molecule has 2 aromatic rings. The van der Waals surface area contributed by atoms with Gasteiger partial charge in [0.2, 0.25) is 0 Å². The third kappa shape index (κ3) is 2.18. The van der Waals surface area contributed by atoms with Gasteiger partial charge in [0.15, 0.2) is 5.65 Å². The molecule has 1 unspecified atom stereocenters. The lowest BCUT2D eigenvalue weighted by atomic mass is 10.0. The van der Waals surface area contributed by atoms with Crippen LogP contribution >= 0.6 is 0 Å². The van der Waals surface area contributed by atoms with Gasteiger partial charge in [-0.15, -0.1) is 0 Å². The molecule has 1 aliphatic carbocycles. The average molecular weight is 336 g/mol. The minimum atomic E-state index is -4.17. The van der Waals surface area contributed by atoms with Gasteiger partial charge >= 0.3 is 0 Å². The molecule has 0 fully saturated rings. The lowest BCUT2D eigenvalue weighted by Crippen LogP contribution is -2.40. The molecule has 120 valence electrons. The zero-order valence-corrected chi connectivity index (χ0v) is 12.8. The maximum Gasteiger partial charge on any atom is 0.274 e. The number of nitrogens with zero attached hydrogens (tertiary/aromatic N) is 3. The minimum Gasteiger partial charge on any atom is -0.267 e. The molecule has 1 aliphatic rings. The average Bonchev–Trinajstić information content (AvgIpc) is 2.85. The summed E-state index contributed by atoms with van der Waals surface area (Å²) >= 11 is 0. The van der Waals surface area contributed by atoms with E-state index in [1.165, 1.54) is 37.4 Å². The Morgan fingerprint density at radius 3 is 2.91 bits per heavy atom. The Balaban J connectivity index is 2.24. The fourth-order valence-corrected chi connectivity index (χ4v) is 4.02. The number of hydrogen-bond donors (Lipinski definition) is 1. The molecule has 10 heteroatoms. The van der Waals surface area contributed by atoms with Crippen molar-refractivity contribution in [3.05, 3.63) is 62.7 Å². The summed E-state index contributed by atoms with van der Waals surface area (Å²) in [6.07, 6.45) is 5.17. The smallest absolute Gasteiger partial charge is 0.267 e. The first kappa shape index (κ1) is 15.2. The Hall–Kier alpha value is -2.75. The maximum atomic E-state index is 13.0. The normalized spacial score (nSPS) is 21.3. The lowest BCUT2D eigenvalue weighted by Gasteiger charge is -2.26. The molecular weight excluding hydrogens is 324 g/mol. The summed E-state index contributed by atoms with van der Waals surface area (Å²) in [7, 11) is -4.17. The van der Waals surface area contributed by atoms with Crippen LogP contribution in [-0.4, -0.2) is 32.3 Å². The van der Waals surface area contributed by atoms with Gasteiger partial charge in [-0.25, -0.2) is 18.5 Å². The molecule has 3 rings (SSSR count). The number of nitro groups is 1. The molecule has 0 bridgehead atoms. The number of H-pyrrole nitrogens is 1. The van der Waals surface area contributed by atoms with Crippen molar-refractivity contribution in [3.8, 4) is 0 Å². The van der Waals surface area contributed by atoms with Crippen molar-refractivity contribution in [1.82, 2.24) is 14.2 Å². The molecule has 0 aromatic carbocycles. The zero-order chi connectivity index (χ0) is 16.8. The molecule has 0 aliphatic heterocycles. The van der Waals surface area contributed by atoms with E-state index in [4.69, 9.17) is 0 Å². The quantitative estimate of drug-likeness (QED) is 0.651. The van der Waals surface area contributed by atoms with Crippen molar-refractivity contribution >= 4 is 21.1 Å². The Morgan fingerprint density at radius 2 is 2.22 bits per heavy atom. The van der Waals surface area contributed by atoms with E-state index in [1.807, 2.05) is 0 Å². The maximum absolute atomic E-state index is 13.0. The number of aromatic amines is 1. The number of nitrogens with one attached hydrogen (secondary N) is 1. The summed E-state index contributed by atoms with van der Waals surface area (Å²) in [5.74, 6) is 0. The number of allylic oxidation sites excluding steroid dienone is 2. The van der Waals surface area contributed by atoms with Gasteiger partial charge in [-0.1, -0.05) is 6.08 Å². The van der Waals surface area contributed by atoms with E-state index < -0.39 is 25.3 Å². The third-order valence-electron chi connectivity index (χ3n) is 3.73. The molecular formula is C13H12N4O5S. The van der Waals surface area contributed by atoms with Gasteiger partial charge in [0.05, 0.1) is 10.3 Å². The second-order valence-corrected chi connectivity index (χ2v) is 7.58. The molecule has 0 radical (unpaired) electrons. The molecule has 0 amide bonds. The summed E-state index contributed by atoms with van der Waals surface area (Å²) in [4.78, 5) is 26.1. The molecule has 23 heavy (non-hydrogen) atoms. The van der Waals surface area contributed by atoms with Crippen LogP contribution in [-0.2, 0) is 10.0 Å². The van der Waals surface area contributed by atoms with E-state index >= 15 is 0 Å². The van der Waals surface area contributed by atoms with Crippen LogP contribution in [0.4, 0.5) is 0 Å². The predicted octanol–water partition coefficient (Wildman–Crippen LogP) is 0.782. The van der Waals surface area contributed by atoms with E-state index in [-0.39, 0.29) is 23.2 Å². The van der Waals surface area contributed by atoms with Gasteiger partial charge < -0.3 is 0 Å². The van der Waals surface area contributed by atoms with Crippen LogP contribution in [0.15, 0.2) is 47.0 Å². The number of pyridine rings is 1. The fourth-order valence-electron chi connectivity index (χ4n) is 2.45. The summed E-state index contributed by atoms with van der Waals surface area (Å²) in [5.41, 5.74) is -0.941. The highest BCUT2D eigenvalue weighted by Crippen LogP contribution is 2.31. The van der Waals surface area contributed by atoms with Crippen LogP contribution in [0.1, 0.15) is 13.3 Å². The summed E-state index contributed by atoms with van der Waals surface area (Å²) in [6.45, 7) is 1.36. The number of rotatable bonds is 3. The van der Waals surface area contributed by atoms with Gasteiger partial charge in [0.1, 0.15) is 4.75 Å². The molecule has 0 saturated heterocycles. The van der Waals surface area contributed by atoms with Gasteiger partial charge in [0, 0.05) is 18.3 Å². The Kier molecular flexibility index (Phi) is 3.22. The van der Waals surface area contributed by atoms with Crippen molar-refractivity contribution in [2.24, 2.45) is 0 Å². The molecule has 1 N–H and O–H groups in total. The van der Waals surface area contributed by atoms with Crippen molar-refractivity contribution in [2.45, 2.75) is 18.1 Å². The molecule has 2 heterocycles. The summed E-state index contributed by atoms with van der Waals surface area (Å²) < 4.78 is 25.0. The summed E-state index contributed by atoms with van der Waals surface area (Å²) in [6, 6.07) is 2.97. The van der Waals surface area contributed by atoms with Gasteiger partial charge in [0.25, 0.3) is 21.3 Å². The van der Waals surface area contributed by atoms with Crippen molar-refractivity contribution in [3.63, 3.8) is 0 Å². The second kappa shape index (κ2) is 4.88. The van der Waals surface area contributed by atoms with E-state index in [9.17, 15) is 23.3 Å². The Bertz CT molecular complexity index is 1030. The largest absolute Gasteiger partial charge is 0.274 e. The number of hydrogen-bond acceptors (Lipinski definition) is 6. The van der Waals surface area contributed by atoms with Crippen LogP contribution < -0.4 is 5.56 Å². The monoisotopic (exact) mass is 336 g/mol. The van der Waals surface area contributed by atoms with Crippen molar-refractivity contribution in [1.29, 1.82) is 0 Å².